The zero-order valence-electron chi connectivity index (χ0n) is 12.5. The van der Waals surface area contributed by atoms with Crippen LogP contribution in [0.2, 0.25) is 0 Å². The van der Waals surface area contributed by atoms with Gasteiger partial charge in [-0.2, -0.15) is 0 Å². The molecule has 120 valence electrons. The van der Waals surface area contributed by atoms with E-state index in [2.05, 4.69) is 20.9 Å². The van der Waals surface area contributed by atoms with Crippen molar-refractivity contribution in [2.24, 2.45) is 4.99 Å². The van der Waals surface area contributed by atoms with E-state index in [1.54, 1.807) is 25.1 Å². The molecule has 0 fully saturated rings. The van der Waals surface area contributed by atoms with Crippen molar-refractivity contribution in [2.45, 2.75) is 6.92 Å². The van der Waals surface area contributed by atoms with Gasteiger partial charge in [-0.25, -0.2) is 9.79 Å². The predicted molar refractivity (Wildman–Crippen MR) is 92.6 cm³/mol. The van der Waals surface area contributed by atoms with E-state index in [0.717, 1.165) is 10.0 Å². The Morgan fingerprint density at radius 1 is 1.25 bits per heavy atom. The van der Waals surface area contributed by atoms with Crippen molar-refractivity contribution < 1.29 is 14.5 Å². The van der Waals surface area contributed by atoms with Crippen LogP contribution in [0.25, 0.3) is 6.08 Å². The molecule has 0 spiro atoms. The Bertz CT molecular complexity index is 919. The van der Waals surface area contributed by atoms with Crippen LogP contribution >= 0.6 is 15.9 Å². The van der Waals surface area contributed by atoms with Gasteiger partial charge in [0.25, 0.3) is 5.69 Å². The lowest BCUT2D eigenvalue weighted by atomic mass is 10.1. The number of cyclic esters (lactones) is 1. The van der Waals surface area contributed by atoms with Gasteiger partial charge < -0.3 is 4.74 Å². The summed E-state index contributed by atoms with van der Waals surface area (Å²) in [5, 5.41) is 11.0. The molecule has 0 saturated carbocycles. The number of carbonyl (C=O) groups excluding carboxylic acids is 1. The van der Waals surface area contributed by atoms with E-state index in [1.165, 1.54) is 6.07 Å². The van der Waals surface area contributed by atoms with Crippen LogP contribution in [-0.2, 0) is 9.53 Å². The maximum absolute atomic E-state index is 12.0. The first-order valence-electron chi connectivity index (χ1n) is 6.97. The van der Waals surface area contributed by atoms with Gasteiger partial charge in [0.05, 0.1) is 4.92 Å². The van der Waals surface area contributed by atoms with Gasteiger partial charge in [0, 0.05) is 21.7 Å². The summed E-state index contributed by atoms with van der Waals surface area (Å²) in [4.78, 5) is 26.7. The molecule has 0 amide bonds. The number of halogens is 1. The molecule has 6 nitrogen and oxygen atoms in total. The first kappa shape index (κ1) is 16.1. The van der Waals surface area contributed by atoms with E-state index >= 15 is 0 Å². The molecule has 0 unspecified atom stereocenters. The molecule has 0 atom stereocenters. The molecule has 0 saturated heterocycles. The number of hydrogen-bond acceptors (Lipinski definition) is 5. The fourth-order valence-electron chi connectivity index (χ4n) is 2.23. The molecule has 0 radical (unpaired) electrons. The highest BCUT2D eigenvalue weighted by molar-refractivity contribution is 9.10. The van der Waals surface area contributed by atoms with Gasteiger partial charge in [0.2, 0.25) is 5.90 Å². The predicted octanol–water partition coefficient (Wildman–Crippen LogP) is 4.01. The average molecular weight is 387 g/mol. The van der Waals surface area contributed by atoms with Crippen LogP contribution in [0.15, 0.2) is 57.6 Å². The molecule has 24 heavy (non-hydrogen) atoms. The molecule has 7 heteroatoms. The topological polar surface area (TPSA) is 81.8 Å². The van der Waals surface area contributed by atoms with E-state index in [0.29, 0.717) is 11.1 Å². The van der Waals surface area contributed by atoms with Crippen LogP contribution in [0.3, 0.4) is 0 Å². The third-order valence-electron chi connectivity index (χ3n) is 3.43. The van der Waals surface area contributed by atoms with Gasteiger partial charge in [-0.3, -0.25) is 10.1 Å². The highest BCUT2D eigenvalue weighted by atomic mass is 79.9. The second-order valence-corrected chi connectivity index (χ2v) is 6.07. The minimum atomic E-state index is -0.590. The summed E-state index contributed by atoms with van der Waals surface area (Å²) in [5.74, 6) is -0.530. The molecule has 2 aromatic rings. The smallest absolute Gasteiger partial charge is 0.363 e. The summed E-state index contributed by atoms with van der Waals surface area (Å²) in [6.07, 6.45) is 1.60. The van der Waals surface area contributed by atoms with Crippen LogP contribution in [0.4, 0.5) is 5.69 Å². The van der Waals surface area contributed by atoms with Gasteiger partial charge in [0.15, 0.2) is 5.70 Å². The maximum atomic E-state index is 12.0. The second-order valence-electron chi connectivity index (χ2n) is 5.15. The number of aryl methyl sites for hydroxylation is 1. The largest absolute Gasteiger partial charge is 0.402 e. The normalized spacial score (nSPS) is 15.3. The van der Waals surface area contributed by atoms with E-state index in [9.17, 15) is 14.9 Å². The number of nitrogens with zero attached hydrogens (tertiary/aromatic N) is 2. The minimum absolute atomic E-state index is 0.0457. The van der Waals surface area contributed by atoms with Crippen molar-refractivity contribution in [1.29, 1.82) is 0 Å². The molecular formula is C17H11BrN2O4. The summed E-state index contributed by atoms with van der Waals surface area (Å²) in [6, 6.07) is 12.0. The number of nitro benzene ring substituents is 1. The molecule has 0 N–H and O–H groups in total. The third kappa shape index (κ3) is 3.26. The fourth-order valence-corrected chi connectivity index (χ4v) is 2.64. The lowest BCUT2D eigenvalue weighted by Gasteiger charge is -2.01. The summed E-state index contributed by atoms with van der Waals surface area (Å²) in [5.41, 5.74) is 1.80. The van der Waals surface area contributed by atoms with Crippen LogP contribution < -0.4 is 0 Å². The Morgan fingerprint density at radius 3 is 2.75 bits per heavy atom. The summed E-state index contributed by atoms with van der Waals surface area (Å²) in [7, 11) is 0. The number of carbonyl (C=O) groups is 1. The van der Waals surface area contributed by atoms with E-state index in [-0.39, 0.29) is 17.3 Å². The molecule has 0 aliphatic carbocycles. The van der Waals surface area contributed by atoms with Crippen LogP contribution in [0.5, 0.6) is 0 Å². The standard InChI is InChI=1S/C17H11BrN2O4/c1-10-5-6-12(9-15(10)20(22)23)16-19-14(17(21)24-16)8-11-3-2-4-13(18)7-11/h2-9H,1H3/b14-8-. The monoisotopic (exact) mass is 386 g/mol. The van der Waals surface area contributed by atoms with Crippen molar-refractivity contribution in [3.63, 3.8) is 0 Å². The minimum Gasteiger partial charge on any atom is -0.402 e. The van der Waals surface area contributed by atoms with E-state index in [1.807, 2.05) is 24.3 Å². The Kier molecular flexibility index (Phi) is 4.26. The maximum Gasteiger partial charge on any atom is 0.363 e. The number of esters is 1. The van der Waals surface area contributed by atoms with Crippen molar-refractivity contribution in [2.75, 3.05) is 0 Å². The number of hydrogen-bond donors (Lipinski definition) is 0. The first-order chi connectivity index (χ1) is 11.4. The molecule has 0 aromatic heterocycles. The Balaban J connectivity index is 1.98. The van der Waals surface area contributed by atoms with Gasteiger partial charge in [-0.15, -0.1) is 0 Å². The Hall–Kier alpha value is -2.80. The van der Waals surface area contributed by atoms with Crippen molar-refractivity contribution >= 4 is 39.6 Å². The SMILES string of the molecule is Cc1ccc(C2=N/C(=C\c3cccc(Br)c3)C(=O)O2)cc1[N+](=O)[O-]. The lowest BCUT2D eigenvalue weighted by Crippen LogP contribution is -2.06. The summed E-state index contributed by atoms with van der Waals surface area (Å²) >= 11 is 3.36. The highest BCUT2D eigenvalue weighted by Gasteiger charge is 2.25. The van der Waals surface area contributed by atoms with Crippen molar-refractivity contribution in [3.05, 3.63) is 79.4 Å². The van der Waals surface area contributed by atoms with E-state index < -0.39 is 10.9 Å². The van der Waals surface area contributed by atoms with E-state index in [4.69, 9.17) is 4.74 Å². The fraction of sp³-hybridized carbons (Fsp3) is 0.0588. The van der Waals surface area contributed by atoms with Crippen LogP contribution in [-0.4, -0.2) is 16.8 Å². The van der Waals surface area contributed by atoms with Crippen molar-refractivity contribution in [1.82, 2.24) is 0 Å². The quantitative estimate of drug-likeness (QED) is 0.345. The summed E-state index contributed by atoms with van der Waals surface area (Å²) < 4.78 is 6.02. The number of benzene rings is 2. The lowest BCUT2D eigenvalue weighted by molar-refractivity contribution is -0.385. The number of ether oxygens (including phenoxy) is 1. The molecule has 3 rings (SSSR count). The Labute approximate surface area is 145 Å². The van der Waals surface area contributed by atoms with Crippen LogP contribution in [0, 0.1) is 17.0 Å². The average Bonchev–Trinajstić information content (AvgIpc) is 2.88. The van der Waals surface area contributed by atoms with Gasteiger partial charge in [0.1, 0.15) is 0 Å². The zero-order chi connectivity index (χ0) is 17.3. The highest BCUT2D eigenvalue weighted by Crippen LogP contribution is 2.24. The van der Waals surface area contributed by atoms with Gasteiger partial charge >= 0.3 is 5.97 Å². The first-order valence-corrected chi connectivity index (χ1v) is 7.77. The number of aliphatic imine (C=N–C) groups is 1. The van der Waals surface area contributed by atoms with Crippen LogP contribution in [0.1, 0.15) is 16.7 Å². The molecule has 1 heterocycles. The van der Waals surface area contributed by atoms with Gasteiger partial charge in [-0.1, -0.05) is 34.1 Å². The van der Waals surface area contributed by atoms with Crippen molar-refractivity contribution in [3.8, 4) is 0 Å². The molecule has 1 aliphatic heterocycles. The molecular weight excluding hydrogens is 376 g/mol. The molecule has 1 aliphatic rings. The third-order valence-corrected chi connectivity index (χ3v) is 3.92. The second kappa shape index (κ2) is 6.37. The molecule has 0 bridgehead atoms. The molecule has 2 aromatic carbocycles. The zero-order valence-corrected chi connectivity index (χ0v) is 14.1. The number of nitro groups is 1. The Morgan fingerprint density at radius 2 is 2.04 bits per heavy atom. The number of rotatable bonds is 3. The van der Waals surface area contributed by atoms with Gasteiger partial charge in [-0.05, 0) is 36.8 Å². The summed E-state index contributed by atoms with van der Waals surface area (Å²) in [6.45, 7) is 1.64.